The Hall–Kier alpha value is -1.55. The number of hydrogen-bond donors (Lipinski definition) is 2. The molecular formula is C14H19NO3. The summed E-state index contributed by atoms with van der Waals surface area (Å²) in [4.78, 5) is 12.2. The van der Waals surface area contributed by atoms with Gasteiger partial charge in [-0.25, -0.2) is 0 Å². The molecule has 1 amide bonds. The third-order valence-electron chi connectivity index (χ3n) is 3.57. The highest BCUT2D eigenvalue weighted by molar-refractivity contribution is 5.86. The van der Waals surface area contributed by atoms with Crippen molar-refractivity contribution in [3.63, 3.8) is 0 Å². The fourth-order valence-corrected chi connectivity index (χ4v) is 2.00. The van der Waals surface area contributed by atoms with E-state index in [9.17, 15) is 9.90 Å². The molecule has 0 spiro atoms. The summed E-state index contributed by atoms with van der Waals surface area (Å²) in [5.41, 5.74) is 0.362. The van der Waals surface area contributed by atoms with Crippen LogP contribution in [0.4, 0.5) is 0 Å². The van der Waals surface area contributed by atoms with Gasteiger partial charge >= 0.3 is 0 Å². The second-order valence-electron chi connectivity index (χ2n) is 4.96. The number of aliphatic hydroxyl groups is 1. The molecule has 1 heterocycles. The number of nitrogens with one attached hydrogen (secondary N) is 1. The molecule has 2 unspecified atom stereocenters. The maximum absolute atomic E-state index is 12.2. The predicted octanol–water partition coefficient (Wildman–Crippen LogP) is 1.44. The van der Waals surface area contributed by atoms with Crippen LogP contribution in [0, 0.1) is 0 Å². The number of amides is 1. The third kappa shape index (κ3) is 2.34. The molecule has 1 aliphatic rings. The lowest BCUT2D eigenvalue weighted by Gasteiger charge is -2.28. The van der Waals surface area contributed by atoms with E-state index in [1.807, 2.05) is 38.1 Å². The molecule has 1 aromatic carbocycles. The van der Waals surface area contributed by atoms with E-state index in [-0.39, 0.29) is 18.4 Å². The predicted molar refractivity (Wildman–Crippen MR) is 68.6 cm³/mol. The van der Waals surface area contributed by atoms with Crippen molar-refractivity contribution in [2.24, 2.45) is 0 Å². The summed E-state index contributed by atoms with van der Waals surface area (Å²) >= 11 is 0. The Balaban J connectivity index is 2.12. The van der Waals surface area contributed by atoms with Crippen LogP contribution in [-0.2, 0) is 4.79 Å². The van der Waals surface area contributed by atoms with Crippen molar-refractivity contribution in [1.29, 1.82) is 0 Å². The first kappa shape index (κ1) is 12.9. The van der Waals surface area contributed by atoms with Crippen LogP contribution >= 0.6 is 0 Å². The van der Waals surface area contributed by atoms with Crippen molar-refractivity contribution in [3.05, 3.63) is 29.8 Å². The third-order valence-corrected chi connectivity index (χ3v) is 3.57. The average Bonchev–Trinajstić information content (AvgIpc) is 2.82. The van der Waals surface area contributed by atoms with Crippen LogP contribution in [0.5, 0.6) is 5.75 Å². The largest absolute Gasteiger partial charge is 0.492 e. The number of ether oxygens (including phenoxy) is 1. The van der Waals surface area contributed by atoms with Crippen LogP contribution in [0.2, 0.25) is 0 Å². The molecule has 0 aromatic heterocycles. The van der Waals surface area contributed by atoms with Gasteiger partial charge in [0.2, 0.25) is 5.91 Å². The van der Waals surface area contributed by atoms with Gasteiger partial charge in [-0.2, -0.15) is 0 Å². The summed E-state index contributed by atoms with van der Waals surface area (Å²) in [5, 5.41) is 12.2. The fourth-order valence-electron chi connectivity index (χ4n) is 2.00. The van der Waals surface area contributed by atoms with Gasteiger partial charge in [-0.1, -0.05) is 25.1 Å². The van der Waals surface area contributed by atoms with E-state index in [0.717, 1.165) is 11.3 Å². The number of fused-ring (bicyclic) bond motifs is 1. The van der Waals surface area contributed by atoms with E-state index in [1.54, 1.807) is 0 Å². The van der Waals surface area contributed by atoms with Crippen molar-refractivity contribution in [2.75, 3.05) is 13.2 Å². The zero-order valence-corrected chi connectivity index (χ0v) is 10.8. The van der Waals surface area contributed by atoms with Gasteiger partial charge in [0.25, 0.3) is 0 Å². The molecule has 0 saturated carbocycles. The summed E-state index contributed by atoms with van der Waals surface area (Å²) in [6, 6.07) is 7.57. The topological polar surface area (TPSA) is 58.6 Å². The van der Waals surface area contributed by atoms with Crippen LogP contribution in [-0.4, -0.2) is 29.8 Å². The summed E-state index contributed by atoms with van der Waals surface area (Å²) in [7, 11) is 0. The SMILES string of the molecule is CCC(C)(CO)NC(=O)C1COc2ccccc21. The molecule has 0 bridgehead atoms. The number of para-hydroxylation sites is 1. The van der Waals surface area contributed by atoms with E-state index < -0.39 is 5.54 Å². The van der Waals surface area contributed by atoms with Gasteiger partial charge in [0.1, 0.15) is 18.3 Å². The molecule has 2 atom stereocenters. The molecule has 0 fully saturated rings. The second-order valence-corrected chi connectivity index (χ2v) is 4.96. The van der Waals surface area contributed by atoms with Crippen molar-refractivity contribution < 1.29 is 14.6 Å². The first-order chi connectivity index (χ1) is 8.59. The fraction of sp³-hybridized carbons (Fsp3) is 0.500. The summed E-state index contributed by atoms with van der Waals surface area (Å²) < 4.78 is 5.49. The number of benzene rings is 1. The zero-order valence-electron chi connectivity index (χ0n) is 10.8. The van der Waals surface area contributed by atoms with Gasteiger partial charge in [-0.15, -0.1) is 0 Å². The van der Waals surface area contributed by atoms with Gasteiger partial charge in [0.15, 0.2) is 0 Å². The molecule has 0 saturated heterocycles. The van der Waals surface area contributed by atoms with E-state index in [2.05, 4.69) is 5.32 Å². The molecule has 98 valence electrons. The van der Waals surface area contributed by atoms with Crippen LogP contribution in [0.15, 0.2) is 24.3 Å². The molecule has 2 N–H and O–H groups in total. The summed E-state index contributed by atoms with van der Waals surface area (Å²) in [6.45, 7) is 4.09. The van der Waals surface area contributed by atoms with E-state index in [1.165, 1.54) is 0 Å². The van der Waals surface area contributed by atoms with Gasteiger partial charge < -0.3 is 15.2 Å². The number of aliphatic hydroxyl groups excluding tert-OH is 1. The van der Waals surface area contributed by atoms with Gasteiger partial charge in [0, 0.05) is 5.56 Å². The highest BCUT2D eigenvalue weighted by Crippen LogP contribution is 2.33. The van der Waals surface area contributed by atoms with Gasteiger partial charge in [-0.3, -0.25) is 4.79 Å². The monoisotopic (exact) mass is 249 g/mol. The van der Waals surface area contributed by atoms with Crippen molar-refractivity contribution in [1.82, 2.24) is 5.32 Å². The van der Waals surface area contributed by atoms with Crippen LogP contribution in [0.3, 0.4) is 0 Å². The molecule has 18 heavy (non-hydrogen) atoms. The van der Waals surface area contributed by atoms with E-state index >= 15 is 0 Å². The number of carbonyl (C=O) groups excluding carboxylic acids is 1. The maximum Gasteiger partial charge on any atom is 0.231 e. The average molecular weight is 249 g/mol. The quantitative estimate of drug-likeness (QED) is 0.849. The Bertz CT molecular complexity index is 440. The molecule has 4 nitrogen and oxygen atoms in total. The Morgan fingerprint density at radius 3 is 2.94 bits per heavy atom. The molecule has 4 heteroatoms. The molecule has 1 aromatic rings. The molecule has 2 rings (SSSR count). The minimum absolute atomic E-state index is 0.0650. The van der Waals surface area contributed by atoms with Gasteiger partial charge in [-0.05, 0) is 19.4 Å². The Kier molecular flexibility index (Phi) is 3.57. The first-order valence-corrected chi connectivity index (χ1v) is 6.24. The second kappa shape index (κ2) is 4.98. The molecule has 0 radical (unpaired) electrons. The lowest BCUT2D eigenvalue weighted by atomic mass is 9.96. The van der Waals surface area contributed by atoms with Crippen molar-refractivity contribution in [3.8, 4) is 5.75 Å². The Morgan fingerprint density at radius 2 is 2.28 bits per heavy atom. The van der Waals surface area contributed by atoms with Crippen LogP contribution in [0.1, 0.15) is 31.7 Å². The summed E-state index contributed by atoms with van der Waals surface area (Å²) in [5.74, 6) is 0.414. The molecule has 0 aliphatic carbocycles. The van der Waals surface area contributed by atoms with Crippen molar-refractivity contribution in [2.45, 2.75) is 31.7 Å². The van der Waals surface area contributed by atoms with E-state index in [0.29, 0.717) is 13.0 Å². The highest BCUT2D eigenvalue weighted by atomic mass is 16.5. The smallest absolute Gasteiger partial charge is 0.231 e. The normalized spacial score (nSPS) is 20.7. The number of rotatable bonds is 4. The minimum Gasteiger partial charge on any atom is -0.492 e. The first-order valence-electron chi connectivity index (χ1n) is 6.24. The number of carbonyl (C=O) groups is 1. The Morgan fingerprint density at radius 1 is 1.56 bits per heavy atom. The lowest BCUT2D eigenvalue weighted by molar-refractivity contribution is -0.125. The van der Waals surface area contributed by atoms with Gasteiger partial charge in [0.05, 0.1) is 12.1 Å². The molecular weight excluding hydrogens is 230 g/mol. The highest BCUT2D eigenvalue weighted by Gasteiger charge is 2.33. The minimum atomic E-state index is -0.561. The lowest BCUT2D eigenvalue weighted by Crippen LogP contribution is -2.50. The Labute approximate surface area is 107 Å². The number of hydrogen-bond acceptors (Lipinski definition) is 3. The maximum atomic E-state index is 12.2. The van der Waals surface area contributed by atoms with E-state index in [4.69, 9.17) is 4.74 Å². The standard InChI is InChI=1S/C14H19NO3/c1-3-14(2,9-16)15-13(17)11-8-18-12-7-5-4-6-10(11)12/h4-7,11,16H,3,8-9H2,1-2H3,(H,15,17). The van der Waals surface area contributed by atoms with Crippen LogP contribution < -0.4 is 10.1 Å². The molecule has 1 aliphatic heterocycles. The summed E-state index contributed by atoms with van der Waals surface area (Å²) in [6.07, 6.45) is 0.685. The van der Waals surface area contributed by atoms with Crippen molar-refractivity contribution >= 4 is 5.91 Å². The zero-order chi connectivity index (χ0) is 13.2. The van der Waals surface area contributed by atoms with Crippen LogP contribution in [0.25, 0.3) is 0 Å².